The number of benzene rings is 2. The molecule has 2 aromatic carbocycles. The van der Waals surface area contributed by atoms with Crippen molar-refractivity contribution in [2.24, 2.45) is 5.73 Å². The van der Waals surface area contributed by atoms with Crippen molar-refractivity contribution in [3.8, 4) is 11.1 Å². The average Bonchev–Trinajstić information content (AvgIpc) is 2.31. The van der Waals surface area contributed by atoms with E-state index in [4.69, 9.17) is 5.73 Å². The lowest BCUT2D eigenvalue weighted by Gasteiger charge is -2.04. The smallest absolute Gasteiger partial charge is 0.123 e. The Morgan fingerprint density at radius 1 is 0.941 bits per heavy atom. The van der Waals surface area contributed by atoms with Crippen molar-refractivity contribution in [3.63, 3.8) is 0 Å². The quantitative estimate of drug-likeness (QED) is 0.889. The topological polar surface area (TPSA) is 26.0 Å². The molecular formula is C14H15ClFN. The molecule has 0 aliphatic carbocycles. The summed E-state index contributed by atoms with van der Waals surface area (Å²) in [7, 11) is 0. The second kappa shape index (κ2) is 6.38. The van der Waals surface area contributed by atoms with E-state index in [1.807, 2.05) is 12.1 Å². The van der Waals surface area contributed by atoms with Gasteiger partial charge in [-0.15, -0.1) is 12.4 Å². The summed E-state index contributed by atoms with van der Waals surface area (Å²) in [4.78, 5) is 0. The third-order valence-corrected chi connectivity index (χ3v) is 2.54. The van der Waals surface area contributed by atoms with E-state index in [0.717, 1.165) is 17.5 Å². The maximum absolute atomic E-state index is 12.8. The minimum atomic E-state index is -0.207. The lowest BCUT2D eigenvalue weighted by molar-refractivity contribution is 0.628. The predicted molar refractivity (Wildman–Crippen MR) is 71.8 cm³/mol. The maximum Gasteiger partial charge on any atom is 0.123 e. The number of hydrogen-bond donors (Lipinski definition) is 1. The summed E-state index contributed by atoms with van der Waals surface area (Å²) >= 11 is 0. The lowest BCUT2D eigenvalue weighted by atomic mass is 10.0. The highest BCUT2D eigenvalue weighted by Crippen LogP contribution is 2.20. The molecule has 0 heterocycles. The largest absolute Gasteiger partial charge is 0.330 e. The highest BCUT2D eigenvalue weighted by molar-refractivity contribution is 5.85. The first-order chi connectivity index (χ1) is 7.79. The normalized spacial score (nSPS) is 9.76. The SMILES string of the molecule is Cl.NCCc1cccc(-c2ccc(F)cc2)c1. The van der Waals surface area contributed by atoms with Crippen LogP contribution in [0.5, 0.6) is 0 Å². The number of hydrogen-bond acceptors (Lipinski definition) is 1. The van der Waals surface area contributed by atoms with Crippen LogP contribution in [0.15, 0.2) is 48.5 Å². The van der Waals surface area contributed by atoms with Crippen LogP contribution in [-0.4, -0.2) is 6.54 Å². The van der Waals surface area contributed by atoms with Crippen molar-refractivity contribution < 1.29 is 4.39 Å². The molecule has 3 heteroatoms. The van der Waals surface area contributed by atoms with Gasteiger partial charge in [-0.1, -0.05) is 36.4 Å². The molecule has 0 aliphatic heterocycles. The van der Waals surface area contributed by atoms with Crippen LogP contribution in [0.3, 0.4) is 0 Å². The van der Waals surface area contributed by atoms with E-state index >= 15 is 0 Å². The van der Waals surface area contributed by atoms with Gasteiger partial charge in [-0.2, -0.15) is 0 Å². The predicted octanol–water partition coefficient (Wildman–Crippen LogP) is 3.42. The van der Waals surface area contributed by atoms with Crippen LogP contribution < -0.4 is 5.73 Å². The highest BCUT2D eigenvalue weighted by Gasteiger charge is 1.99. The molecule has 2 rings (SSSR count). The Hall–Kier alpha value is -1.38. The first-order valence-corrected chi connectivity index (χ1v) is 5.34. The average molecular weight is 252 g/mol. The van der Waals surface area contributed by atoms with Gasteiger partial charge in [-0.25, -0.2) is 4.39 Å². The molecule has 17 heavy (non-hydrogen) atoms. The van der Waals surface area contributed by atoms with Gasteiger partial charge >= 0.3 is 0 Å². The molecule has 0 bridgehead atoms. The maximum atomic E-state index is 12.8. The van der Waals surface area contributed by atoms with Crippen LogP contribution in [-0.2, 0) is 6.42 Å². The van der Waals surface area contributed by atoms with Gasteiger partial charge in [0, 0.05) is 0 Å². The van der Waals surface area contributed by atoms with E-state index < -0.39 is 0 Å². The molecule has 2 N–H and O–H groups in total. The van der Waals surface area contributed by atoms with Crippen LogP contribution in [0.25, 0.3) is 11.1 Å². The van der Waals surface area contributed by atoms with Gasteiger partial charge in [0.05, 0.1) is 0 Å². The van der Waals surface area contributed by atoms with Crippen molar-refractivity contribution in [2.75, 3.05) is 6.54 Å². The molecule has 90 valence electrons. The van der Waals surface area contributed by atoms with Gasteiger partial charge in [0.2, 0.25) is 0 Å². The van der Waals surface area contributed by atoms with Crippen molar-refractivity contribution in [1.29, 1.82) is 0 Å². The summed E-state index contributed by atoms with van der Waals surface area (Å²) in [5.41, 5.74) is 8.86. The molecular weight excluding hydrogens is 237 g/mol. The summed E-state index contributed by atoms with van der Waals surface area (Å²) in [5.74, 6) is -0.207. The Kier molecular flexibility index (Phi) is 5.13. The van der Waals surface area contributed by atoms with Gasteiger partial charge in [0.15, 0.2) is 0 Å². The summed E-state index contributed by atoms with van der Waals surface area (Å²) in [6.07, 6.45) is 0.870. The molecule has 2 aromatic rings. The van der Waals surface area contributed by atoms with Gasteiger partial charge < -0.3 is 5.73 Å². The van der Waals surface area contributed by atoms with E-state index in [2.05, 4.69) is 12.1 Å². The Balaban J connectivity index is 0.00000144. The number of halogens is 2. The van der Waals surface area contributed by atoms with Crippen LogP contribution in [0.4, 0.5) is 4.39 Å². The van der Waals surface area contributed by atoms with E-state index in [9.17, 15) is 4.39 Å². The number of nitrogens with two attached hydrogens (primary N) is 1. The fourth-order valence-corrected chi connectivity index (χ4v) is 1.72. The molecule has 0 spiro atoms. The summed E-state index contributed by atoms with van der Waals surface area (Å²) < 4.78 is 12.8. The molecule has 0 aromatic heterocycles. The molecule has 0 aliphatic rings. The Morgan fingerprint density at radius 3 is 2.29 bits per heavy atom. The Morgan fingerprint density at radius 2 is 1.65 bits per heavy atom. The zero-order valence-corrected chi connectivity index (χ0v) is 10.2. The zero-order valence-electron chi connectivity index (χ0n) is 9.40. The van der Waals surface area contributed by atoms with Crippen LogP contribution in [0.1, 0.15) is 5.56 Å². The zero-order chi connectivity index (χ0) is 11.4. The molecule has 0 radical (unpaired) electrons. The summed E-state index contributed by atoms with van der Waals surface area (Å²) in [6.45, 7) is 0.646. The van der Waals surface area contributed by atoms with E-state index in [0.29, 0.717) is 6.54 Å². The van der Waals surface area contributed by atoms with E-state index in [-0.39, 0.29) is 18.2 Å². The fraction of sp³-hybridized carbons (Fsp3) is 0.143. The fourth-order valence-electron chi connectivity index (χ4n) is 1.72. The Bertz CT molecular complexity index is 468. The van der Waals surface area contributed by atoms with E-state index in [1.165, 1.54) is 17.7 Å². The van der Waals surface area contributed by atoms with Crippen LogP contribution in [0.2, 0.25) is 0 Å². The van der Waals surface area contributed by atoms with Crippen molar-refractivity contribution in [2.45, 2.75) is 6.42 Å². The lowest BCUT2D eigenvalue weighted by Crippen LogP contribution is -2.02. The first kappa shape index (κ1) is 13.7. The standard InChI is InChI=1S/C14H14FN.ClH/c15-14-6-4-12(5-7-14)13-3-1-2-11(10-13)8-9-16;/h1-7,10H,8-9,16H2;1H. The molecule has 0 amide bonds. The van der Waals surface area contributed by atoms with Crippen LogP contribution >= 0.6 is 12.4 Å². The van der Waals surface area contributed by atoms with Crippen LogP contribution in [0, 0.1) is 5.82 Å². The second-order valence-electron chi connectivity index (χ2n) is 3.75. The molecule has 0 atom stereocenters. The van der Waals surface area contributed by atoms with E-state index in [1.54, 1.807) is 12.1 Å². The molecule has 1 nitrogen and oxygen atoms in total. The van der Waals surface area contributed by atoms with Gasteiger partial charge in [0.25, 0.3) is 0 Å². The minimum absolute atomic E-state index is 0. The summed E-state index contributed by atoms with van der Waals surface area (Å²) in [6, 6.07) is 14.7. The Labute approximate surface area is 107 Å². The van der Waals surface area contributed by atoms with Crippen molar-refractivity contribution in [1.82, 2.24) is 0 Å². The third kappa shape index (κ3) is 3.55. The van der Waals surface area contributed by atoms with Gasteiger partial charge in [-0.3, -0.25) is 0 Å². The minimum Gasteiger partial charge on any atom is -0.330 e. The highest BCUT2D eigenvalue weighted by atomic mass is 35.5. The summed E-state index contributed by atoms with van der Waals surface area (Å²) in [5, 5.41) is 0. The van der Waals surface area contributed by atoms with Crippen molar-refractivity contribution >= 4 is 12.4 Å². The molecule has 0 saturated heterocycles. The number of rotatable bonds is 3. The van der Waals surface area contributed by atoms with Gasteiger partial charge in [-0.05, 0) is 41.8 Å². The monoisotopic (exact) mass is 251 g/mol. The molecule has 0 fully saturated rings. The second-order valence-corrected chi connectivity index (χ2v) is 3.75. The molecule has 0 saturated carbocycles. The molecule has 0 unspecified atom stereocenters. The van der Waals surface area contributed by atoms with Crippen molar-refractivity contribution in [3.05, 3.63) is 59.9 Å². The third-order valence-electron chi connectivity index (χ3n) is 2.54. The first-order valence-electron chi connectivity index (χ1n) is 5.34. The van der Waals surface area contributed by atoms with Gasteiger partial charge in [0.1, 0.15) is 5.82 Å².